The summed E-state index contributed by atoms with van der Waals surface area (Å²) >= 11 is 0. The Hall–Kier alpha value is -1.96. The van der Waals surface area contributed by atoms with Crippen LogP contribution in [0.15, 0.2) is 42.5 Å². The van der Waals surface area contributed by atoms with Crippen LogP contribution in [-0.4, -0.2) is 6.79 Å². The van der Waals surface area contributed by atoms with Crippen molar-refractivity contribution in [1.82, 2.24) is 0 Å². The fourth-order valence-electron chi connectivity index (χ4n) is 1.84. The van der Waals surface area contributed by atoms with Crippen molar-refractivity contribution in [1.29, 1.82) is 0 Å². The lowest BCUT2D eigenvalue weighted by molar-refractivity contribution is 0.174. The van der Waals surface area contributed by atoms with E-state index in [0.29, 0.717) is 6.79 Å². The van der Waals surface area contributed by atoms with E-state index in [9.17, 15) is 0 Å². The number of hydrogen-bond donors (Lipinski definition) is 0. The molecule has 0 saturated heterocycles. The van der Waals surface area contributed by atoms with Gasteiger partial charge in [0, 0.05) is 5.56 Å². The van der Waals surface area contributed by atoms with Crippen LogP contribution < -0.4 is 9.47 Å². The molecule has 2 aromatic rings. The lowest BCUT2D eigenvalue weighted by Gasteiger charge is -2.05. The first kappa shape index (κ1) is 9.28. The topological polar surface area (TPSA) is 18.5 Å². The maximum absolute atomic E-state index is 5.48. The average Bonchev–Trinajstić information content (AvgIpc) is 2.78. The molecule has 79 valence electrons. The quantitative estimate of drug-likeness (QED) is 0.720. The Kier molecular flexibility index (Phi) is 2.07. The van der Waals surface area contributed by atoms with Gasteiger partial charge in [-0.15, -0.1) is 0 Å². The van der Waals surface area contributed by atoms with Gasteiger partial charge in [-0.05, 0) is 24.1 Å². The Labute approximate surface area is 94.4 Å². The average molecular weight is 211 g/mol. The molecule has 0 bridgehead atoms. The van der Waals surface area contributed by atoms with Gasteiger partial charge in [0.1, 0.15) is 0 Å². The van der Waals surface area contributed by atoms with Gasteiger partial charge in [-0.2, -0.15) is 0 Å². The minimum Gasteiger partial charge on any atom is -0.454 e. The minimum absolute atomic E-state index is 0.305. The van der Waals surface area contributed by atoms with Gasteiger partial charge in [0.2, 0.25) is 6.79 Å². The number of para-hydroxylation sites is 1. The van der Waals surface area contributed by atoms with Crippen molar-refractivity contribution in [2.75, 3.05) is 6.79 Å². The van der Waals surface area contributed by atoms with Crippen LogP contribution in [0.1, 0.15) is 5.56 Å². The standard InChI is InChI=1S/C14H11O2/c1-10-5-7-11(8-6-10)12-3-2-4-13-14(12)16-9-15-13/h2-8H,1,9H2. The zero-order valence-electron chi connectivity index (χ0n) is 8.77. The maximum Gasteiger partial charge on any atom is 0.231 e. The zero-order valence-corrected chi connectivity index (χ0v) is 8.77. The van der Waals surface area contributed by atoms with Crippen LogP contribution in [0.3, 0.4) is 0 Å². The number of hydrogen-bond acceptors (Lipinski definition) is 2. The Balaban J connectivity index is 2.13. The summed E-state index contributed by atoms with van der Waals surface area (Å²) in [5.41, 5.74) is 3.19. The molecular formula is C14H11O2. The zero-order chi connectivity index (χ0) is 11.0. The highest BCUT2D eigenvalue weighted by atomic mass is 16.7. The van der Waals surface area contributed by atoms with E-state index in [1.165, 1.54) is 0 Å². The van der Waals surface area contributed by atoms with Crippen LogP contribution in [0, 0.1) is 6.92 Å². The molecule has 0 amide bonds. The van der Waals surface area contributed by atoms with Crippen molar-refractivity contribution < 1.29 is 9.47 Å². The molecule has 0 aromatic heterocycles. The summed E-state index contributed by atoms with van der Waals surface area (Å²) in [5, 5.41) is 0. The van der Waals surface area contributed by atoms with Crippen LogP contribution in [0.25, 0.3) is 11.1 Å². The largest absolute Gasteiger partial charge is 0.454 e. The third kappa shape index (κ3) is 1.43. The van der Waals surface area contributed by atoms with Crippen molar-refractivity contribution in [2.45, 2.75) is 0 Å². The molecule has 1 aliphatic rings. The highest BCUT2D eigenvalue weighted by Gasteiger charge is 2.17. The molecule has 16 heavy (non-hydrogen) atoms. The third-order valence-electron chi connectivity index (χ3n) is 2.66. The van der Waals surface area contributed by atoms with Crippen molar-refractivity contribution in [3.05, 3.63) is 55.0 Å². The second kappa shape index (κ2) is 3.56. The molecule has 1 radical (unpaired) electrons. The summed E-state index contributed by atoms with van der Waals surface area (Å²) in [6.07, 6.45) is 0. The SMILES string of the molecule is [CH2]c1ccc(-c2cccc3c2OCO3)cc1. The van der Waals surface area contributed by atoms with Crippen molar-refractivity contribution in [2.24, 2.45) is 0 Å². The van der Waals surface area contributed by atoms with Crippen LogP contribution in [0.2, 0.25) is 0 Å². The van der Waals surface area contributed by atoms with Gasteiger partial charge >= 0.3 is 0 Å². The summed E-state index contributed by atoms with van der Waals surface area (Å²) in [5.74, 6) is 1.65. The van der Waals surface area contributed by atoms with Gasteiger partial charge in [-0.3, -0.25) is 0 Å². The minimum atomic E-state index is 0.305. The molecule has 2 aromatic carbocycles. The van der Waals surface area contributed by atoms with E-state index in [1.54, 1.807) is 0 Å². The third-order valence-corrected chi connectivity index (χ3v) is 2.66. The smallest absolute Gasteiger partial charge is 0.231 e. The summed E-state index contributed by atoms with van der Waals surface area (Å²) in [7, 11) is 0. The Morgan fingerprint density at radius 3 is 2.56 bits per heavy atom. The predicted octanol–water partition coefficient (Wildman–Crippen LogP) is 3.26. The molecule has 0 spiro atoms. The van der Waals surface area contributed by atoms with Gasteiger partial charge in [0.25, 0.3) is 0 Å². The number of ether oxygens (including phenoxy) is 2. The Bertz CT molecular complexity index is 515. The second-order valence-electron chi connectivity index (χ2n) is 3.74. The molecule has 0 unspecified atom stereocenters. The van der Waals surface area contributed by atoms with Crippen LogP contribution in [-0.2, 0) is 0 Å². The summed E-state index contributed by atoms with van der Waals surface area (Å²) < 4.78 is 10.8. The molecule has 0 aliphatic carbocycles. The van der Waals surface area contributed by atoms with Crippen LogP contribution in [0.5, 0.6) is 11.5 Å². The summed E-state index contributed by atoms with van der Waals surface area (Å²) in [4.78, 5) is 0. The van der Waals surface area contributed by atoms with Gasteiger partial charge in [0.05, 0.1) is 0 Å². The van der Waals surface area contributed by atoms with Crippen LogP contribution >= 0.6 is 0 Å². The molecule has 1 heterocycles. The number of rotatable bonds is 1. The predicted molar refractivity (Wildman–Crippen MR) is 62.5 cm³/mol. The molecule has 2 nitrogen and oxygen atoms in total. The summed E-state index contributed by atoms with van der Waals surface area (Å²) in [6.45, 7) is 4.18. The number of benzene rings is 2. The van der Waals surface area contributed by atoms with E-state index >= 15 is 0 Å². The van der Waals surface area contributed by atoms with E-state index in [1.807, 2.05) is 42.5 Å². The van der Waals surface area contributed by atoms with E-state index in [2.05, 4.69) is 6.92 Å². The Morgan fingerprint density at radius 2 is 1.75 bits per heavy atom. The molecule has 2 heteroatoms. The first-order chi connectivity index (χ1) is 7.84. The van der Waals surface area contributed by atoms with Gasteiger partial charge < -0.3 is 9.47 Å². The van der Waals surface area contributed by atoms with Gasteiger partial charge in [-0.25, -0.2) is 0 Å². The molecule has 0 atom stereocenters. The lowest BCUT2D eigenvalue weighted by Crippen LogP contribution is -1.93. The van der Waals surface area contributed by atoms with Crippen molar-refractivity contribution >= 4 is 0 Å². The van der Waals surface area contributed by atoms with Crippen LogP contribution in [0.4, 0.5) is 0 Å². The molecule has 0 saturated carbocycles. The van der Waals surface area contributed by atoms with Gasteiger partial charge in [0.15, 0.2) is 11.5 Å². The molecular weight excluding hydrogens is 200 g/mol. The fourth-order valence-corrected chi connectivity index (χ4v) is 1.84. The highest BCUT2D eigenvalue weighted by molar-refractivity contribution is 5.74. The monoisotopic (exact) mass is 211 g/mol. The van der Waals surface area contributed by atoms with E-state index in [4.69, 9.17) is 9.47 Å². The lowest BCUT2D eigenvalue weighted by atomic mass is 10.0. The first-order valence-electron chi connectivity index (χ1n) is 5.15. The molecule has 0 N–H and O–H groups in total. The van der Waals surface area contributed by atoms with E-state index < -0.39 is 0 Å². The maximum atomic E-state index is 5.48. The molecule has 1 aliphatic heterocycles. The number of fused-ring (bicyclic) bond motifs is 1. The highest BCUT2D eigenvalue weighted by Crippen LogP contribution is 2.40. The van der Waals surface area contributed by atoms with Crippen molar-refractivity contribution in [3.63, 3.8) is 0 Å². The van der Waals surface area contributed by atoms with Gasteiger partial charge in [-0.1, -0.05) is 36.4 Å². The summed E-state index contributed by atoms with van der Waals surface area (Å²) in [6, 6.07) is 14.0. The molecule has 0 fully saturated rings. The molecule has 3 rings (SSSR count). The first-order valence-corrected chi connectivity index (χ1v) is 5.15. The Morgan fingerprint density at radius 1 is 0.938 bits per heavy atom. The normalized spacial score (nSPS) is 12.8. The fraction of sp³-hybridized carbons (Fsp3) is 0.0714. The van der Waals surface area contributed by atoms with E-state index in [0.717, 1.165) is 28.2 Å². The van der Waals surface area contributed by atoms with E-state index in [-0.39, 0.29) is 0 Å². The van der Waals surface area contributed by atoms with Crippen molar-refractivity contribution in [3.8, 4) is 22.6 Å². The second-order valence-corrected chi connectivity index (χ2v) is 3.74.